The minimum atomic E-state index is -5.05. The maximum Gasteiger partial charge on any atom is 0.434 e. The van der Waals surface area contributed by atoms with Gasteiger partial charge in [0.1, 0.15) is 5.60 Å². The Morgan fingerprint density at radius 3 is 2.35 bits per heavy atom. The molecule has 26 heavy (non-hydrogen) atoms. The number of aromatic nitrogens is 2. The number of hydrogen-bond donors (Lipinski definition) is 0. The molecule has 0 aliphatic carbocycles. The molecule has 0 amide bonds. The van der Waals surface area contributed by atoms with Gasteiger partial charge in [-0.05, 0) is 20.8 Å². The molecule has 146 valence electrons. The van der Waals surface area contributed by atoms with Crippen LogP contribution in [0.25, 0.3) is 0 Å². The Balaban J connectivity index is 2.68. The predicted molar refractivity (Wildman–Crippen MR) is 85.6 cm³/mol. The summed E-state index contributed by atoms with van der Waals surface area (Å²) in [7, 11) is -2.19. The largest absolute Gasteiger partial charge is 0.468 e. The number of nitrogens with zero attached hydrogens (tertiary/aromatic N) is 3. The summed E-state index contributed by atoms with van der Waals surface area (Å²) >= 11 is 0. The highest BCUT2D eigenvalue weighted by Crippen LogP contribution is 2.37. The lowest BCUT2D eigenvalue weighted by Gasteiger charge is -2.19. The lowest BCUT2D eigenvalue weighted by Crippen LogP contribution is -2.34. The Labute approximate surface area is 147 Å². The van der Waals surface area contributed by atoms with Gasteiger partial charge in [-0.3, -0.25) is 9.36 Å². The standard InChI is InChI=1S/C14H18F3N3O5S/c1-7(26(22,23)8-6-13(2,3)25-19-8)9-10(14(15,16)17)18-12(24-5)20(4)11(9)21/h7H,6H2,1-5H3. The number of methoxy groups -OCH3 is 1. The predicted octanol–water partition coefficient (Wildman–Crippen LogP) is 1.80. The second-order valence-electron chi connectivity index (χ2n) is 6.42. The zero-order valence-corrected chi connectivity index (χ0v) is 15.5. The van der Waals surface area contributed by atoms with Gasteiger partial charge in [-0.25, -0.2) is 8.42 Å². The monoisotopic (exact) mass is 397 g/mol. The number of ether oxygens (including phenoxy) is 1. The van der Waals surface area contributed by atoms with Crippen LogP contribution in [0, 0.1) is 0 Å². The van der Waals surface area contributed by atoms with Crippen LogP contribution in [-0.2, 0) is 27.9 Å². The summed E-state index contributed by atoms with van der Waals surface area (Å²) in [5, 5.41) is 1.24. The Morgan fingerprint density at radius 2 is 1.92 bits per heavy atom. The van der Waals surface area contributed by atoms with Crippen molar-refractivity contribution in [3.05, 3.63) is 21.6 Å². The second-order valence-corrected chi connectivity index (χ2v) is 8.69. The number of rotatable bonds is 3. The fourth-order valence-corrected chi connectivity index (χ4v) is 4.10. The van der Waals surface area contributed by atoms with Crippen LogP contribution in [0.3, 0.4) is 0 Å². The SMILES string of the molecule is COc1nc(C(F)(F)F)c(C(C)S(=O)(=O)C2=NOC(C)(C)C2)c(=O)n1C. The van der Waals surface area contributed by atoms with Crippen LogP contribution in [0.2, 0.25) is 0 Å². The van der Waals surface area contributed by atoms with Crippen molar-refractivity contribution in [2.24, 2.45) is 12.2 Å². The highest BCUT2D eigenvalue weighted by Gasteiger charge is 2.45. The number of oxime groups is 1. The molecule has 8 nitrogen and oxygen atoms in total. The van der Waals surface area contributed by atoms with Crippen molar-refractivity contribution in [2.45, 2.75) is 44.2 Å². The Morgan fingerprint density at radius 1 is 1.35 bits per heavy atom. The molecule has 0 spiro atoms. The molecule has 0 bridgehead atoms. The van der Waals surface area contributed by atoms with E-state index < -0.39 is 54.7 Å². The van der Waals surface area contributed by atoms with E-state index in [1.54, 1.807) is 13.8 Å². The number of halogens is 3. The maximum atomic E-state index is 13.4. The van der Waals surface area contributed by atoms with E-state index in [1.807, 2.05) is 0 Å². The van der Waals surface area contributed by atoms with Gasteiger partial charge in [-0.1, -0.05) is 5.16 Å². The second kappa shape index (κ2) is 6.25. The molecule has 2 heterocycles. The van der Waals surface area contributed by atoms with Gasteiger partial charge in [0, 0.05) is 13.5 Å². The lowest BCUT2D eigenvalue weighted by atomic mass is 10.1. The van der Waals surface area contributed by atoms with E-state index in [2.05, 4.69) is 14.9 Å². The van der Waals surface area contributed by atoms with Crippen LogP contribution in [0.4, 0.5) is 13.2 Å². The first-order valence-electron chi connectivity index (χ1n) is 7.43. The zero-order chi connectivity index (χ0) is 20.1. The van der Waals surface area contributed by atoms with E-state index in [0.29, 0.717) is 4.57 Å². The summed E-state index contributed by atoms with van der Waals surface area (Å²) < 4.78 is 71.1. The first kappa shape index (κ1) is 20.2. The van der Waals surface area contributed by atoms with Gasteiger partial charge >= 0.3 is 6.18 Å². The van der Waals surface area contributed by atoms with Gasteiger partial charge in [0.05, 0.1) is 17.9 Å². The van der Waals surface area contributed by atoms with Crippen molar-refractivity contribution in [2.75, 3.05) is 7.11 Å². The van der Waals surface area contributed by atoms with Crippen molar-refractivity contribution in [3.63, 3.8) is 0 Å². The van der Waals surface area contributed by atoms with E-state index in [4.69, 9.17) is 4.84 Å². The molecule has 0 fully saturated rings. The molecule has 0 saturated carbocycles. The first-order chi connectivity index (χ1) is 11.7. The van der Waals surface area contributed by atoms with Gasteiger partial charge in [0.25, 0.3) is 11.6 Å². The molecule has 1 aromatic heterocycles. The average molecular weight is 397 g/mol. The van der Waals surface area contributed by atoms with Gasteiger partial charge < -0.3 is 9.57 Å². The molecule has 1 aromatic rings. The highest BCUT2D eigenvalue weighted by atomic mass is 32.2. The minimum Gasteiger partial charge on any atom is -0.468 e. The third kappa shape index (κ3) is 3.41. The normalized spacial score (nSPS) is 18.2. The van der Waals surface area contributed by atoms with Gasteiger partial charge in [0.2, 0.25) is 9.84 Å². The number of alkyl halides is 3. The maximum absolute atomic E-state index is 13.4. The summed E-state index contributed by atoms with van der Waals surface area (Å²) in [6.45, 7) is 4.15. The summed E-state index contributed by atoms with van der Waals surface area (Å²) in [5.41, 5.74) is -4.67. The van der Waals surface area contributed by atoms with E-state index in [1.165, 1.54) is 0 Å². The number of sulfone groups is 1. The van der Waals surface area contributed by atoms with Gasteiger partial charge in [0.15, 0.2) is 10.7 Å². The molecular weight excluding hydrogens is 379 g/mol. The van der Waals surface area contributed by atoms with Crippen molar-refractivity contribution in [3.8, 4) is 6.01 Å². The molecule has 1 aliphatic heterocycles. The van der Waals surface area contributed by atoms with Crippen LogP contribution in [0.5, 0.6) is 6.01 Å². The average Bonchev–Trinajstić information content (AvgIpc) is 2.88. The molecule has 12 heteroatoms. The van der Waals surface area contributed by atoms with Crippen LogP contribution in [0.1, 0.15) is 43.7 Å². The summed E-state index contributed by atoms with van der Waals surface area (Å²) in [6, 6.07) is -0.585. The Bertz CT molecular complexity index is 919. The van der Waals surface area contributed by atoms with Gasteiger partial charge in [-0.2, -0.15) is 18.2 Å². The molecule has 2 rings (SSSR count). The summed E-state index contributed by atoms with van der Waals surface area (Å²) in [6.07, 6.45) is -5.17. The van der Waals surface area contributed by atoms with Crippen LogP contribution in [0.15, 0.2) is 9.95 Å². The zero-order valence-electron chi connectivity index (χ0n) is 14.7. The third-order valence-corrected chi connectivity index (χ3v) is 5.95. The summed E-state index contributed by atoms with van der Waals surface area (Å²) in [5.74, 6) is 0. The Hall–Kier alpha value is -2.11. The molecule has 0 radical (unpaired) electrons. The third-order valence-electron chi connectivity index (χ3n) is 3.91. The number of hydrogen-bond acceptors (Lipinski definition) is 7. The molecule has 1 unspecified atom stereocenters. The molecule has 1 atom stereocenters. The van der Waals surface area contributed by atoms with E-state index in [9.17, 15) is 26.4 Å². The fraction of sp³-hybridized carbons (Fsp3) is 0.643. The first-order valence-corrected chi connectivity index (χ1v) is 8.98. The summed E-state index contributed by atoms with van der Waals surface area (Å²) in [4.78, 5) is 20.7. The fourth-order valence-electron chi connectivity index (χ4n) is 2.48. The van der Waals surface area contributed by atoms with E-state index in [0.717, 1.165) is 21.1 Å². The molecule has 0 N–H and O–H groups in total. The topological polar surface area (TPSA) is 99.9 Å². The smallest absolute Gasteiger partial charge is 0.434 e. The van der Waals surface area contributed by atoms with Crippen LogP contribution in [-0.4, -0.2) is 35.7 Å². The van der Waals surface area contributed by atoms with Crippen molar-refractivity contribution in [1.29, 1.82) is 0 Å². The molecule has 1 aliphatic rings. The van der Waals surface area contributed by atoms with Crippen LogP contribution < -0.4 is 10.3 Å². The minimum absolute atomic E-state index is 0.120. The lowest BCUT2D eigenvalue weighted by molar-refractivity contribution is -0.142. The Kier molecular flexibility index (Phi) is 4.86. The van der Waals surface area contributed by atoms with Crippen molar-refractivity contribution in [1.82, 2.24) is 9.55 Å². The van der Waals surface area contributed by atoms with Crippen LogP contribution >= 0.6 is 0 Å². The van der Waals surface area contributed by atoms with E-state index >= 15 is 0 Å². The highest BCUT2D eigenvalue weighted by molar-refractivity contribution is 8.06. The van der Waals surface area contributed by atoms with E-state index in [-0.39, 0.29) is 6.42 Å². The van der Waals surface area contributed by atoms with Gasteiger partial charge in [-0.15, -0.1) is 0 Å². The van der Waals surface area contributed by atoms with Crippen molar-refractivity contribution < 1.29 is 31.2 Å². The molecule has 0 aromatic carbocycles. The molecular formula is C14H18F3N3O5S. The van der Waals surface area contributed by atoms with Crippen molar-refractivity contribution >= 4 is 14.9 Å². The molecule has 0 saturated heterocycles. The quantitative estimate of drug-likeness (QED) is 0.771.